The lowest BCUT2D eigenvalue weighted by Gasteiger charge is -2.34. The molecule has 1 amide bonds. The molecular weight excluding hydrogens is 342 g/mol. The number of carbonyl (C=O) groups excluding carboxylic acids is 1. The summed E-state index contributed by atoms with van der Waals surface area (Å²) in [7, 11) is 0. The number of piperidine rings is 1. The lowest BCUT2D eigenvalue weighted by molar-refractivity contribution is -0.136. The number of benzene rings is 1. The molecule has 1 unspecified atom stereocenters. The molecule has 0 saturated carbocycles. The van der Waals surface area contributed by atoms with Crippen LogP contribution in [-0.4, -0.2) is 40.1 Å². The first-order valence-electron chi connectivity index (χ1n) is 9.67. The van der Waals surface area contributed by atoms with Crippen LogP contribution in [0.5, 0.6) is 5.75 Å². The number of fused-ring (bicyclic) bond motifs is 1. The third-order valence-corrected chi connectivity index (χ3v) is 5.59. The van der Waals surface area contributed by atoms with Crippen LogP contribution in [0.15, 0.2) is 41.3 Å². The average molecular weight is 367 g/mol. The van der Waals surface area contributed by atoms with Crippen LogP contribution in [-0.2, 0) is 11.2 Å². The SMILES string of the molecule is Cc1ccccc1OCC1CCCN(C(=O)[C@@H]2CCc3nccc(=O)n32)C1. The summed E-state index contributed by atoms with van der Waals surface area (Å²) in [5.41, 5.74) is 0.989. The number of ether oxygens (including phenoxy) is 1. The smallest absolute Gasteiger partial charge is 0.254 e. The zero-order chi connectivity index (χ0) is 18.8. The highest BCUT2D eigenvalue weighted by Gasteiger charge is 2.35. The number of amides is 1. The number of para-hydroxylation sites is 1. The molecule has 0 aliphatic carbocycles. The van der Waals surface area contributed by atoms with Crippen molar-refractivity contribution in [2.24, 2.45) is 5.92 Å². The van der Waals surface area contributed by atoms with Crippen molar-refractivity contribution in [1.29, 1.82) is 0 Å². The van der Waals surface area contributed by atoms with Gasteiger partial charge in [0.2, 0.25) is 5.91 Å². The van der Waals surface area contributed by atoms with Gasteiger partial charge in [0.15, 0.2) is 0 Å². The Morgan fingerprint density at radius 2 is 2.11 bits per heavy atom. The average Bonchev–Trinajstić information content (AvgIpc) is 3.12. The maximum atomic E-state index is 13.1. The van der Waals surface area contributed by atoms with E-state index in [1.807, 2.05) is 36.1 Å². The van der Waals surface area contributed by atoms with Crippen molar-refractivity contribution in [3.8, 4) is 5.75 Å². The van der Waals surface area contributed by atoms with Gasteiger partial charge in [0.05, 0.1) is 6.61 Å². The van der Waals surface area contributed by atoms with Crippen LogP contribution in [0.3, 0.4) is 0 Å². The molecule has 1 aromatic carbocycles. The fourth-order valence-corrected chi connectivity index (χ4v) is 4.14. The molecule has 4 rings (SSSR count). The molecule has 0 radical (unpaired) electrons. The van der Waals surface area contributed by atoms with Crippen LogP contribution in [0.1, 0.15) is 36.7 Å². The molecule has 1 aromatic heterocycles. The molecule has 1 fully saturated rings. The molecule has 3 heterocycles. The van der Waals surface area contributed by atoms with Gasteiger partial charge in [0.1, 0.15) is 17.6 Å². The Morgan fingerprint density at radius 1 is 1.26 bits per heavy atom. The van der Waals surface area contributed by atoms with E-state index < -0.39 is 6.04 Å². The third kappa shape index (κ3) is 3.61. The second-order valence-corrected chi connectivity index (χ2v) is 7.49. The summed E-state index contributed by atoms with van der Waals surface area (Å²) in [6.45, 7) is 4.08. The molecule has 6 nitrogen and oxygen atoms in total. The summed E-state index contributed by atoms with van der Waals surface area (Å²) in [6.07, 6.45) is 4.89. The summed E-state index contributed by atoms with van der Waals surface area (Å²) in [5, 5.41) is 0. The molecule has 1 saturated heterocycles. The van der Waals surface area contributed by atoms with Crippen molar-refractivity contribution in [2.75, 3.05) is 19.7 Å². The molecule has 27 heavy (non-hydrogen) atoms. The Morgan fingerprint density at radius 3 is 2.96 bits per heavy atom. The zero-order valence-corrected chi connectivity index (χ0v) is 15.6. The normalized spacial score (nSPS) is 21.7. The number of rotatable bonds is 4. The number of hydrogen-bond acceptors (Lipinski definition) is 4. The van der Waals surface area contributed by atoms with Crippen LogP contribution in [0.25, 0.3) is 0 Å². The number of carbonyl (C=O) groups is 1. The van der Waals surface area contributed by atoms with Gasteiger partial charge in [-0.2, -0.15) is 0 Å². The highest BCUT2D eigenvalue weighted by molar-refractivity contribution is 5.81. The monoisotopic (exact) mass is 367 g/mol. The Kier molecular flexibility index (Phi) is 4.97. The quantitative estimate of drug-likeness (QED) is 0.832. The van der Waals surface area contributed by atoms with Gasteiger partial charge >= 0.3 is 0 Å². The fraction of sp³-hybridized carbons (Fsp3) is 0.476. The van der Waals surface area contributed by atoms with Crippen LogP contribution < -0.4 is 10.3 Å². The highest BCUT2D eigenvalue weighted by atomic mass is 16.5. The molecule has 2 atom stereocenters. The lowest BCUT2D eigenvalue weighted by Crippen LogP contribution is -2.45. The van der Waals surface area contributed by atoms with E-state index >= 15 is 0 Å². The number of aryl methyl sites for hydroxylation is 2. The zero-order valence-electron chi connectivity index (χ0n) is 15.6. The number of aromatic nitrogens is 2. The van der Waals surface area contributed by atoms with Gasteiger partial charge in [-0.1, -0.05) is 18.2 Å². The molecule has 0 N–H and O–H groups in total. The molecule has 0 spiro atoms. The minimum Gasteiger partial charge on any atom is -0.493 e. The van der Waals surface area contributed by atoms with Gasteiger partial charge in [-0.25, -0.2) is 4.98 Å². The van der Waals surface area contributed by atoms with Gasteiger partial charge in [-0.05, 0) is 37.8 Å². The number of likely N-dealkylation sites (tertiary alicyclic amines) is 1. The summed E-state index contributed by atoms with van der Waals surface area (Å²) >= 11 is 0. The van der Waals surface area contributed by atoms with E-state index in [9.17, 15) is 9.59 Å². The molecule has 2 aliphatic rings. The number of hydrogen-bond donors (Lipinski definition) is 0. The molecule has 2 aromatic rings. The summed E-state index contributed by atoms with van der Waals surface area (Å²) < 4.78 is 7.58. The van der Waals surface area contributed by atoms with Gasteiger partial charge in [0, 0.05) is 37.7 Å². The summed E-state index contributed by atoms with van der Waals surface area (Å²) in [5.74, 6) is 1.99. The predicted molar refractivity (Wildman–Crippen MR) is 102 cm³/mol. The van der Waals surface area contributed by atoms with E-state index in [0.29, 0.717) is 31.9 Å². The predicted octanol–water partition coefficient (Wildman–Crippen LogP) is 2.36. The van der Waals surface area contributed by atoms with Gasteiger partial charge in [-0.15, -0.1) is 0 Å². The van der Waals surface area contributed by atoms with Crippen molar-refractivity contribution in [3.63, 3.8) is 0 Å². The van der Waals surface area contributed by atoms with Crippen LogP contribution in [0.2, 0.25) is 0 Å². The van der Waals surface area contributed by atoms with Crippen LogP contribution in [0.4, 0.5) is 0 Å². The fourth-order valence-electron chi connectivity index (χ4n) is 4.14. The van der Waals surface area contributed by atoms with Crippen molar-refractivity contribution in [3.05, 3.63) is 58.3 Å². The lowest BCUT2D eigenvalue weighted by atomic mass is 9.98. The molecule has 6 heteroatoms. The van der Waals surface area contributed by atoms with E-state index in [2.05, 4.69) is 4.98 Å². The summed E-state index contributed by atoms with van der Waals surface area (Å²) in [6, 6.07) is 9.02. The summed E-state index contributed by atoms with van der Waals surface area (Å²) in [4.78, 5) is 31.5. The molecule has 2 aliphatic heterocycles. The Hall–Kier alpha value is -2.63. The van der Waals surface area contributed by atoms with E-state index in [0.717, 1.165) is 36.5 Å². The first-order valence-corrected chi connectivity index (χ1v) is 9.67. The van der Waals surface area contributed by atoms with E-state index in [1.54, 1.807) is 4.57 Å². The van der Waals surface area contributed by atoms with E-state index in [4.69, 9.17) is 4.74 Å². The minimum atomic E-state index is -0.405. The maximum absolute atomic E-state index is 13.1. The van der Waals surface area contributed by atoms with Crippen molar-refractivity contribution in [1.82, 2.24) is 14.5 Å². The largest absolute Gasteiger partial charge is 0.493 e. The second kappa shape index (κ2) is 7.55. The standard InChI is InChI=1S/C21H25N3O3/c1-15-5-2-3-7-18(15)27-14-16-6-4-12-23(13-16)21(26)17-8-9-19-22-11-10-20(25)24(17)19/h2-3,5,7,10-11,16-17H,4,6,8-9,12-14H2,1H3/t16?,17-/m0/s1. The highest BCUT2D eigenvalue weighted by Crippen LogP contribution is 2.27. The van der Waals surface area contributed by atoms with Gasteiger partial charge in [0.25, 0.3) is 5.56 Å². The Bertz CT molecular complexity index is 892. The molecular formula is C21H25N3O3. The molecule has 0 bridgehead atoms. The minimum absolute atomic E-state index is 0.0458. The van der Waals surface area contributed by atoms with Crippen LogP contribution in [0, 0.1) is 12.8 Å². The third-order valence-electron chi connectivity index (χ3n) is 5.59. The van der Waals surface area contributed by atoms with E-state index in [1.165, 1.54) is 12.3 Å². The van der Waals surface area contributed by atoms with Gasteiger partial charge < -0.3 is 9.64 Å². The molecule has 142 valence electrons. The maximum Gasteiger partial charge on any atom is 0.254 e. The van der Waals surface area contributed by atoms with Crippen molar-refractivity contribution >= 4 is 5.91 Å². The Balaban J connectivity index is 1.41. The first-order chi connectivity index (χ1) is 13.1. The van der Waals surface area contributed by atoms with Crippen molar-refractivity contribution in [2.45, 2.75) is 38.6 Å². The van der Waals surface area contributed by atoms with Crippen molar-refractivity contribution < 1.29 is 9.53 Å². The number of nitrogens with zero attached hydrogens (tertiary/aromatic N) is 3. The second-order valence-electron chi connectivity index (χ2n) is 7.49. The van der Waals surface area contributed by atoms with E-state index in [-0.39, 0.29) is 11.5 Å². The first kappa shape index (κ1) is 17.8. The topological polar surface area (TPSA) is 64.4 Å². The van der Waals surface area contributed by atoms with Crippen LogP contribution >= 0.6 is 0 Å². The van der Waals surface area contributed by atoms with Gasteiger partial charge in [-0.3, -0.25) is 14.2 Å². The Labute approximate surface area is 158 Å².